The summed E-state index contributed by atoms with van der Waals surface area (Å²) in [5.74, 6) is 0.271. The lowest BCUT2D eigenvalue weighted by molar-refractivity contribution is -0.141. The first-order chi connectivity index (χ1) is 13.4. The third-order valence-electron chi connectivity index (χ3n) is 4.28. The van der Waals surface area contributed by atoms with E-state index in [1.54, 1.807) is 13.0 Å². The molecule has 28 heavy (non-hydrogen) atoms. The fourth-order valence-corrected chi connectivity index (χ4v) is 4.16. The number of ether oxygens (including phenoxy) is 3. The Kier molecular flexibility index (Phi) is 6.33. The Morgan fingerprint density at radius 3 is 2.39 bits per heavy atom. The third kappa shape index (κ3) is 4.89. The van der Waals surface area contributed by atoms with Gasteiger partial charge in [-0.15, -0.1) is 0 Å². The minimum Gasteiger partial charge on any atom is -0.479 e. The van der Waals surface area contributed by atoms with Gasteiger partial charge in [0, 0.05) is 13.1 Å². The summed E-state index contributed by atoms with van der Waals surface area (Å²) in [6, 6.07) is 13.2. The van der Waals surface area contributed by atoms with Gasteiger partial charge in [-0.1, -0.05) is 12.1 Å². The number of carbonyl (C=O) groups is 1. The van der Waals surface area contributed by atoms with Crippen LogP contribution in [0.1, 0.15) is 12.5 Å². The van der Waals surface area contributed by atoms with Gasteiger partial charge in [0.1, 0.15) is 11.5 Å². The summed E-state index contributed by atoms with van der Waals surface area (Å²) in [7, 11) is -3.58. The summed E-state index contributed by atoms with van der Waals surface area (Å²) in [6.07, 6.45) is -0.807. The maximum Gasteiger partial charge on any atom is 0.352 e. The zero-order valence-electron chi connectivity index (χ0n) is 15.8. The van der Waals surface area contributed by atoms with E-state index < -0.39 is 22.1 Å². The molecule has 1 atom stereocenters. The maximum absolute atomic E-state index is 12.6. The lowest BCUT2D eigenvalue weighted by Gasteiger charge is -2.26. The SMILES string of the molecule is Cc1cccc(O[C@@H](C)C(=O)Oc2ccc(S(=O)(=O)N3CCOCC3)cc2)c1. The number of benzene rings is 2. The van der Waals surface area contributed by atoms with Gasteiger partial charge in [-0.3, -0.25) is 0 Å². The van der Waals surface area contributed by atoms with Gasteiger partial charge in [0.25, 0.3) is 0 Å². The summed E-state index contributed by atoms with van der Waals surface area (Å²) in [5, 5.41) is 0. The van der Waals surface area contributed by atoms with Gasteiger partial charge in [0.05, 0.1) is 18.1 Å². The van der Waals surface area contributed by atoms with Crippen molar-refractivity contribution in [1.29, 1.82) is 0 Å². The molecule has 7 nitrogen and oxygen atoms in total. The molecular weight excluding hydrogens is 382 g/mol. The molecule has 1 aliphatic rings. The Bertz CT molecular complexity index is 920. The van der Waals surface area contributed by atoms with Crippen molar-refractivity contribution in [2.75, 3.05) is 26.3 Å². The monoisotopic (exact) mass is 405 g/mol. The molecule has 0 N–H and O–H groups in total. The topological polar surface area (TPSA) is 82.1 Å². The molecule has 3 rings (SSSR count). The van der Waals surface area contributed by atoms with Gasteiger partial charge in [-0.25, -0.2) is 13.2 Å². The first kappa shape index (κ1) is 20.3. The van der Waals surface area contributed by atoms with Crippen molar-refractivity contribution < 1.29 is 27.4 Å². The Labute approximate surface area is 164 Å². The molecule has 2 aromatic rings. The summed E-state index contributed by atoms with van der Waals surface area (Å²) in [6.45, 7) is 4.95. The number of morpholine rings is 1. The molecule has 0 bridgehead atoms. The fourth-order valence-electron chi connectivity index (χ4n) is 2.76. The second-order valence-electron chi connectivity index (χ2n) is 6.49. The smallest absolute Gasteiger partial charge is 0.352 e. The van der Waals surface area contributed by atoms with Crippen molar-refractivity contribution in [3.63, 3.8) is 0 Å². The number of hydrogen-bond acceptors (Lipinski definition) is 6. The second-order valence-corrected chi connectivity index (χ2v) is 8.42. The van der Waals surface area contributed by atoms with E-state index in [0.717, 1.165) is 5.56 Å². The number of aryl methyl sites for hydroxylation is 1. The Balaban J connectivity index is 1.62. The summed E-state index contributed by atoms with van der Waals surface area (Å²) < 4.78 is 42.7. The molecule has 0 saturated carbocycles. The maximum atomic E-state index is 12.6. The number of esters is 1. The number of sulfonamides is 1. The zero-order chi connectivity index (χ0) is 20.1. The molecule has 2 aromatic carbocycles. The average molecular weight is 405 g/mol. The van der Waals surface area contributed by atoms with E-state index in [9.17, 15) is 13.2 Å². The van der Waals surface area contributed by atoms with Crippen LogP contribution in [0.2, 0.25) is 0 Å². The first-order valence-electron chi connectivity index (χ1n) is 8.99. The van der Waals surface area contributed by atoms with E-state index >= 15 is 0 Å². The van der Waals surface area contributed by atoms with Crippen LogP contribution >= 0.6 is 0 Å². The molecule has 0 amide bonds. The predicted octanol–water partition coefficient (Wildman–Crippen LogP) is 2.39. The average Bonchev–Trinajstić information content (AvgIpc) is 2.69. The van der Waals surface area contributed by atoms with E-state index in [1.807, 2.05) is 25.1 Å². The molecule has 0 unspecified atom stereocenters. The molecule has 0 aromatic heterocycles. The summed E-state index contributed by atoms with van der Waals surface area (Å²) >= 11 is 0. The molecule has 1 heterocycles. The van der Waals surface area contributed by atoms with Gasteiger partial charge in [0.2, 0.25) is 10.0 Å². The van der Waals surface area contributed by atoms with Crippen LogP contribution in [0.25, 0.3) is 0 Å². The molecule has 0 aliphatic carbocycles. The molecule has 8 heteroatoms. The minimum absolute atomic E-state index is 0.151. The number of hydrogen-bond donors (Lipinski definition) is 0. The number of nitrogens with zero attached hydrogens (tertiary/aromatic N) is 1. The normalized spacial score (nSPS) is 16.4. The lowest BCUT2D eigenvalue weighted by atomic mass is 10.2. The Morgan fingerprint density at radius 1 is 1.07 bits per heavy atom. The van der Waals surface area contributed by atoms with Gasteiger partial charge >= 0.3 is 5.97 Å². The highest BCUT2D eigenvalue weighted by atomic mass is 32.2. The van der Waals surface area contributed by atoms with Crippen molar-refractivity contribution in [3.05, 3.63) is 54.1 Å². The highest BCUT2D eigenvalue weighted by Gasteiger charge is 2.26. The van der Waals surface area contributed by atoms with Crippen molar-refractivity contribution in [2.45, 2.75) is 24.8 Å². The predicted molar refractivity (Wildman–Crippen MR) is 103 cm³/mol. The van der Waals surface area contributed by atoms with Crippen LogP contribution in [0, 0.1) is 6.92 Å². The summed E-state index contributed by atoms with van der Waals surface area (Å²) in [5.41, 5.74) is 1.02. The molecular formula is C20H23NO6S. The van der Waals surface area contributed by atoms with Gasteiger partial charge in [0.15, 0.2) is 6.10 Å². The number of rotatable bonds is 6. The molecule has 1 aliphatic heterocycles. The van der Waals surface area contributed by atoms with Crippen LogP contribution in [0.4, 0.5) is 0 Å². The van der Waals surface area contributed by atoms with E-state index in [-0.39, 0.29) is 10.6 Å². The molecule has 150 valence electrons. The minimum atomic E-state index is -3.58. The van der Waals surface area contributed by atoms with Gasteiger partial charge in [-0.2, -0.15) is 4.31 Å². The van der Waals surface area contributed by atoms with E-state index in [1.165, 1.54) is 28.6 Å². The van der Waals surface area contributed by atoms with E-state index in [0.29, 0.717) is 32.1 Å². The van der Waals surface area contributed by atoms with Crippen LogP contribution < -0.4 is 9.47 Å². The Hall–Kier alpha value is -2.42. The van der Waals surface area contributed by atoms with Crippen LogP contribution in [0.5, 0.6) is 11.5 Å². The van der Waals surface area contributed by atoms with Crippen LogP contribution in [-0.4, -0.2) is 51.1 Å². The van der Waals surface area contributed by atoms with Crippen molar-refractivity contribution >= 4 is 16.0 Å². The van der Waals surface area contributed by atoms with E-state index in [4.69, 9.17) is 14.2 Å². The third-order valence-corrected chi connectivity index (χ3v) is 6.20. The highest BCUT2D eigenvalue weighted by Crippen LogP contribution is 2.21. The molecule has 1 saturated heterocycles. The standard InChI is InChI=1S/C20H23NO6S/c1-15-4-3-5-18(14-15)26-16(2)20(22)27-17-6-8-19(9-7-17)28(23,24)21-10-12-25-13-11-21/h3-9,14,16H,10-13H2,1-2H3/t16-/m0/s1. The van der Waals surface area contributed by atoms with Gasteiger partial charge < -0.3 is 14.2 Å². The zero-order valence-corrected chi connectivity index (χ0v) is 16.6. The van der Waals surface area contributed by atoms with E-state index in [2.05, 4.69) is 0 Å². The lowest BCUT2D eigenvalue weighted by Crippen LogP contribution is -2.40. The largest absolute Gasteiger partial charge is 0.479 e. The Morgan fingerprint density at radius 2 is 1.75 bits per heavy atom. The molecule has 0 spiro atoms. The summed E-state index contributed by atoms with van der Waals surface area (Å²) in [4.78, 5) is 12.4. The number of carbonyl (C=O) groups excluding carboxylic acids is 1. The van der Waals surface area contributed by atoms with Crippen LogP contribution in [0.3, 0.4) is 0 Å². The van der Waals surface area contributed by atoms with Crippen molar-refractivity contribution in [2.24, 2.45) is 0 Å². The van der Waals surface area contributed by atoms with Crippen molar-refractivity contribution in [3.8, 4) is 11.5 Å². The van der Waals surface area contributed by atoms with Crippen LogP contribution in [-0.2, 0) is 19.6 Å². The highest BCUT2D eigenvalue weighted by molar-refractivity contribution is 7.89. The first-order valence-corrected chi connectivity index (χ1v) is 10.4. The molecule has 0 radical (unpaired) electrons. The van der Waals surface area contributed by atoms with Gasteiger partial charge in [-0.05, 0) is 55.8 Å². The quantitative estimate of drug-likeness (QED) is 0.542. The van der Waals surface area contributed by atoms with Crippen molar-refractivity contribution in [1.82, 2.24) is 4.31 Å². The second kappa shape index (κ2) is 8.72. The molecule has 1 fully saturated rings. The fraction of sp³-hybridized carbons (Fsp3) is 0.350. The van der Waals surface area contributed by atoms with Crippen LogP contribution in [0.15, 0.2) is 53.4 Å².